The molecule has 4 unspecified atom stereocenters. The molecule has 8 nitrogen and oxygen atoms in total. The first kappa shape index (κ1) is 26.4. The quantitative estimate of drug-likeness (QED) is 0.343. The predicted octanol–water partition coefficient (Wildman–Crippen LogP) is 4.54. The van der Waals surface area contributed by atoms with E-state index in [0.29, 0.717) is 53.9 Å². The Morgan fingerprint density at radius 2 is 1.93 bits per heavy atom. The number of alkyl halides is 3. The molecule has 0 spiro atoms. The number of nitrogens with two attached hydrogens (primary N) is 1. The third-order valence-electron chi connectivity index (χ3n) is 9.25. The van der Waals surface area contributed by atoms with Crippen LogP contribution in [0.1, 0.15) is 54.2 Å². The minimum atomic E-state index is -4.91. The van der Waals surface area contributed by atoms with Crippen molar-refractivity contribution in [3.05, 3.63) is 53.1 Å². The molecule has 0 aromatic carbocycles. The minimum Gasteiger partial charge on any atom is -0.375 e. The number of aliphatic hydroxyl groups is 1. The molecule has 3 aliphatic rings. The third-order valence-corrected chi connectivity index (χ3v) is 9.25. The average molecular weight is 571 g/mol. The number of rotatable bonds is 5. The Balaban J connectivity index is 1.33. The largest absolute Gasteiger partial charge is 0.422 e. The van der Waals surface area contributed by atoms with E-state index in [-0.39, 0.29) is 35.0 Å². The molecule has 5 heterocycles. The number of nitrogens with zero attached hydrogens (tertiary/aromatic N) is 5. The lowest BCUT2D eigenvalue weighted by Gasteiger charge is -2.27. The Bertz CT molecular complexity index is 1720. The number of pyridine rings is 2. The first-order valence-corrected chi connectivity index (χ1v) is 13.9. The van der Waals surface area contributed by atoms with Crippen LogP contribution < -0.4 is 5.73 Å². The maximum absolute atomic E-state index is 15.6. The van der Waals surface area contributed by atoms with Gasteiger partial charge in [-0.3, -0.25) is 4.79 Å². The lowest BCUT2D eigenvalue weighted by atomic mass is 10.0. The average Bonchev–Trinajstić information content (AvgIpc) is 3.31. The van der Waals surface area contributed by atoms with Crippen LogP contribution in [0.3, 0.4) is 0 Å². The number of aromatic nitrogens is 4. The van der Waals surface area contributed by atoms with Gasteiger partial charge in [0.05, 0.1) is 17.0 Å². The molecule has 3 N–H and O–H groups in total. The molecule has 12 heteroatoms. The van der Waals surface area contributed by atoms with Gasteiger partial charge in [0.1, 0.15) is 22.7 Å². The summed E-state index contributed by atoms with van der Waals surface area (Å²) in [4.78, 5) is 19.4. The first-order chi connectivity index (χ1) is 19.3. The second kappa shape index (κ2) is 8.75. The van der Waals surface area contributed by atoms with Gasteiger partial charge >= 0.3 is 6.18 Å². The topological polar surface area (TPSA) is 102 Å². The van der Waals surface area contributed by atoms with Crippen LogP contribution in [0, 0.1) is 24.6 Å². The maximum atomic E-state index is 15.6. The van der Waals surface area contributed by atoms with E-state index in [1.165, 1.54) is 28.9 Å². The molecule has 41 heavy (non-hydrogen) atoms. The maximum Gasteiger partial charge on any atom is 0.422 e. The van der Waals surface area contributed by atoms with Gasteiger partial charge in [-0.15, -0.1) is 0 Å². The fourth-order valence-electron chi connectivity index (χ4n) is 6.56. The summed E-state index contributed by atoms with van der Waals surface area (Å²) in [5, 5.41) is 15.5. The van der Waals surface area contributed by atoms with Gasteiger partial charge < -0.3 is 20.3 Å². The summed E-state index contributed by atoms with van der Waals surface area (Å²) in [6, 6.07) is 5.58. The summed E-state index contributed by atoms with van der Waals surface area (Å²) in [5.41, 5.74) is 4.90. The Hall–Kier alpha value is -3.51. The number of halogens is 4. The second-order valence-electron chi connectivity index (χ2n) is 12.0. The van der Waals surface area contributed by atoms with Crippen molar-refractivity contribution >= 4 is 22.5 Å². The molecular formula is C29H30F4N6O2. The Labute approximate surface area is 232 Å². The van der Waals surface area contributed by atoms with Crippen LogP contribution in [0.4, 0.5) is 17.6 Å². The molecule has 4 atom stereocenters. The van der Waals surface area contributed by atoms with Gasteiger partial charge in [-0.2, -0.15) is 18.3 Å². The van der Waals surface area contributed by atoms with Crippen LogP contribution in [-0.4, -0.2) is 59.9 Å². The highest BCUT2D eigenvalue weighted by atomic mass is 19.4. The van der Waals surface area contributed by atoms with Crippen molar-refractivity contribution in [3.8, 4) is 11.4 Å². The van der Waals surface area contributed by atoms with Crippen molar-refractivity contribution in [2.75, 3.05) is 6.54 Å². The normalized spacial score (nSPS) is 24.1. The predicted molar refractivity (Wildman–Crippen MR) is 142 cm³/mol. The summed E-state index contributed by atoms with van der Waals surface area (Å²) in [7, 11) is 0. The van der Waals surface area contributed by atoms with Gasteiger partial charge in [0.2, 0.25) is 0 Å². The molecule has 2 aliphatic carbocycles. The van der Waals surface area contributed by atoms with Crippen LogP contribution in [0.2, 0.25) is 0 Å². The van der Waals surface area contributed by atoms with Crippen molar-refractivity contribution in [1.82, 2.24) is 24.1 Å². The standard InChI is InChI=1S/C29H30F4N6O2/c1-14-24(36-39-13-18(9-19(30)25(14)39)27(40)38-12-17-5-7-20(38)23(17)34)21-10-16-6-8-22(28(2,41)29(31,32)33)35-26(16)37(21)11-15-3-4-15/h6,8-10,13,15,17,20,23,41H,3-5,7,11-12,34H2,1-2H3. The van der Waals surface area contributed by atoms with Gasteiger partial charge in [0.15, 0.2) is 5.60 Å². The van der Waals surface area contributed by atoms with Crippen molar-refractivity contribution in [2.24, 2.45) is 17.6 Å². The van der Waals surface area contributed by atoms with E-state index in [2.05, 4.69) is 10.1 Å². The summed E-state index contributed by atoms with van der Waals surface area (Å²) < 4.78 is 59.5. The number of aryl methyl sites for hydroxylation is 1. The number of hydrogen-bond donors (Lipinski definition) is 2. The van der Waals surface area contributed by atoms with Crippen molar-refractivity contribution in [2.45, 2.75) is 69.9 Å². The Morgan fingerprint density at radius 1 is 1.17 bits per heavy atom. The van der Waals surface area contributed by atoms with Crippen molar-refractivity contribution < 1.29 is 27.5 Å². The lowest BCUT2D eigenvalue weighted by molar-refractivity contribution is -0.260. The monoisotopic (exact) mass is 570 g/mol. The Morgan fingerprint density at radius 3 is 2.56 bits per heavy atom. The van der Waals surface area contributed by atoms with E-state index in [1.54, 1.807) is 17.9 Å². The van der Waals surface area contributed by atoms with E-state index in [9.17, 15) is 23.1 Å². The van der Waals surface area contributed by atoms with Crippen molar-refractivity contribution in [1.29, 1.82) is 0 Å². The zero-order chi connectivity index (χ0) is 29.0. The van der Waals surface area contributed by atoms with Crippen LogP contribution in [0.15, 0.2) is 30.5 Å². The highest BCUT2D eigenvalue weighted by molar-refractivity contribution is 5.95. The number of likely N-dealkylation sites (tertiary alicyclic amines) is 1. The van der Waals surface area contributed by atoms with E-state index in [4.69, 9.17) is 5.73 Å². The van der Waals surface area contributed by atoms with Gasteiger partial charge in [-0.25, -0.2) is 13.9 Å². The lowest BCUT2D eigenvalue weighted by Crippen LogP contribution is -2.41. The SMILES string of the molecule is Cc1c(-c2cc3ccc(C(C)(O)C(F)(F)F)nc3n2CC2CC2)nn2cc(C(=O)N3CC4CCC3C4N)cc(F)c12. The van der Waals surface area contributed by atoms with Gasteiger partial charge in [-0.1, -0.05) is 0 Å². The molecule has 2 saturated carbocycles. The van der Waals surface area contributed by atoms with E-state index < -0.39 is 23.3 Å². The number of carbonyl (C=O) groups excluding carboxylic acids is 1. The molecule has 2 bridgehead atoms. The van der Waals surface area contributed by atoms with Crippen LogP contribution in [0.25, 0.3) is 27.9 Å². The molecular weight excluding hydrogens is 540 g/mol. The summed E-state index contributed by atoms with van der Waals surface area (Å²) in [6.45, 7) is 3.48. The first-order valence-electron chi connectivity index (χ1n) is 13.9. The Kier molecular flexibility index (Phi) is 5.63. The number of fused-ring (bicyclic) bond motifs is 4. The molecule has 1 aliphatic heterocycles. The minimum absolute atomic E-state index is 0.0465. The number of carbonyl (C=O) groups is 1. The zero-order valence-electron chi connectivity index (χ0n) is 22.6. The molecule has 4 aromatic rings. The third kappa shape index (κ3) is 3.98. The summed E-state index contributed by atoms with van der Waals surface area (Å²) in [6.07, 6.45) is 0.405. The molecule has 1 saturated heterocycles. The number of piperidine rings is 1. The van der Waals surface area contributed by atoms with E-state index >= 15 is 4.39 Å². The fourth-order valence-corrected chi connectivity index (χ4v) is 6.56. The van der Waals surface area contributed by atoms with Gasteiger partial charge in [0.25, 0.3) is 5.91 Å². The summed E-state index contributed by atoms with van der Waals surface area (Å²) >= 11 is 0. The molecule has 216 valence electrons. The van der Waals surface area contributed by atoms with Gasteiger partial charge in [0, 0.05) is 42.3 Å². The smallest absolute Gasteiger partial charge is 0.375 e. The molecule has 7 rings (SSSR count). The van der Waals surface area contributed by atoms with E-state index in [0.717, 1.165) is 25.7 Å². The highest BCUT2D eigenvalue weighted by Gasteiger charge is 2.52. The zero-order valence-corrected chi connectivity index (χ0v) is 22.6. The number of amides is 1. The fraction of sp³-hybridized carbons (Fsp3) is 0.483. The molecule has 4 aromatic heterocycles. The highest BCUT2D eigenvalue weighted by Crippen LogP contribution is 2.41. The van der Waals surface area contributed by atoms with Crippen LogP contribution in [-0.2, 0) is 12.1 Å². The molecule has 1 amide bonds. The van der Waals surface area contributed by atoms with Crippen molar-refractivity contribution in [3.63, 3.8) is 0 Å². The van der Waals surface area contributed by atoms with Gasteiger partial charge in [-0.05, 0) is 75.6 Å². The van der Waals surface area contributed by atoms with Crippen LogP contribution in [0.5, 0.6) is 0 Å². The second-order valence-corrected chi connectivity index (χ2v) is 12.0. The summed E-state index contributed by atoms with van der Waals surface area (Å²) in [5.74, 6) is -0.275. The van der Waals surface area contributed by atoms with E-state index in [1.807, 2.05) is 4.57 Å². The molecule has 3 fully saturated rings. The number of hydrogen-bond acceptors (Lipinski definition) is 5. The van der Waals surface area contributed by atoms with Crippen LogP contribution >= 0.6 is 0 Å². The molecule has 0 radical (unpaired) electrons.